The van der Waals surface area contributed by atoms with Crippen molar-refractivity contribution in [3.8, 4) is 17.1 Å². The molecule has 0 unspecified atom stereocenters. The van der Waals surface area contributed by atoms with Gasteiger partial charge in [0.15, 0.2) is 5.52 Å². The van der Waals surface area contributed by atoms with Crippen LogP contribution in [-0.4, -0.2) is 88.3 Å². The van der Waals surface area contributed by atoms with Gasteiger partial charge in [-0.2, -0.15) is 9.40 Å². The third-order valence-electron chi connectivity index (χ3n) is 10.1. The molecular weight excluding hydrogens is 705 g/mol. The zero-order valence-corrected chi connectivity index (χ0v) is 34.7. The maximum absolute atomic E-state index is 13.3. The molecule has 1 aromatic carbocycles. The number of piperazine rings is 1. The number of carbonyl (C=O) groups is 1. The van der Waals surface area contributed by atoms with Crippen LogP contribution in [0.5, 0.6) is 5.75 Å². The van der Waals surface area contributed by atoms with Gasteiger partial charge in [0.05, 0.1) is 22.8 Å². The van der Waals surface area contributed by atoms with Gasteiger partial charge in [0.2, 0.25) is 10.0 Å². The van der Waals surface area contributed by atoms with Crippen LogP contribution in [0.2, 0.25) is 0 Å². The Morgan fingerprint density at radius 1 is 0.815 bits per heavy atom. The van der Waals surface area contributed by atoms with Gasteiger partial charge in [-0.15, -0.1) is 0 Å². The average Bonchev–Trinajstić information content (AvgIpc) is 3.47. The van der Waals surface area contributed by atoms with E-state index >= 15 is 0 Å². The van der Waals surface area contributed by atoms with Crippen molar-refractivity contribution < 1.29 is 23.1 Å². The fourth-order valence-electron chi connectivity index (χ4n) is 6.92. The first kappa shape index (κ1) is 45.1. The van der Waals surface area contributed by atoms with Crippen molar-refractivity contribution in [2.75, 3.05) is 39.8 Å². The summed E-state index contributed by atoms with van der Waals surface area (Å²) in [6.07, 6.45) is 23.2. The van der Waals surface area contributed by atoms with Crippen molar-refractivity contribution in [1.82, 2.24) is 29.0 Å². The molecule has 1 fully saturated rings. The Morgan fingerprint density at radius 2 is 1.37 bits per heavy atom. The van der Waals surface area contributed by atoms with Crippen LogP contribution in [0.3, 0.4) is 0 Å². The van der Waals surface area contributed by atoms with Crippen molar-refractivity contribution in [2.24, 2.45) is 7.05 Å². The number of carboxylic acid groups (broad SMARTS) is 1. The number of ether oxygens (including phenoxy) is 1. The van der Waals surface area contributed by atoms with E-state index in [1.807, 2.05) is 20.9 Å². The second-order valence-electron chi connectivity index (χ2n) is 14.7. The minimum Gasteiger partial charge on any atom is -0.493 e. The van der Waals surface area contributed by atoms with Crippen LogP contribution in [0.25, 0.3) is 22.4 Å². The highest BCUT2D eigenvalue weighted by atomic mass is 32.2. The van der Waals surface area contributed by atoms with E-state index in [-0.39, 0.29) is 16.3 Å². The Labute approximate surface area is 324 Å². The molecule has 0 saturated carbocycles. The molecule has 0 atom stereocenters. The van der Waals surface area contributed by atoms with E-state index in [0.717, 1.165) is 25.0 Å². The van der Waals surface area contributed by atoms with Gasteiger partial charge < -0.3 is 19.7 Å². The molecule has 0 radical (unpaired) electrons. The van der Waals surface area contributed by atoms with Crippen LogP contribution in [-0.2, 0) is 28.3 Å². The molecule has 2 aromatic heterocycles. The number of aromatic amines is 1. The molecule has 3 aromatic rings. The van der Waals surface area contributed by atoms with E-state index in [1.54, 1.807) is 25.2 Å². The number of aromatic nitrogens is 4. The monoisotopic (exact) mass is 772 g/mol. The first-order valence-electron chi connectivity index (χ1n) is 20.7. The molecule has 1 saturated heterocycles. The summed E-state index contributed by atoms with van der Waals surface area (Å²) < 4.78 is 35.4. The van der Waals surface area contributed by atoms with E-state index < -0.39 is 16.0 Å². The van der Waals surface area contributed by atoms with Gasteiger partial charge in [0.1, 0.15) is 17.1 Å². The largest absolute Gasteiger partial charge is 0.493 e. The third kappa shape index (κ3) is 14.4. The molecule has 1 aliphatic rings. The second kappa shape index (κ2) is 24.3. The Balaban J connectivity index is 0.000000325. The number of hydrogen-bond acceptors (Lipinski definition) is 8. The lowest BCUT2D eigenvalue weighted by atomic mass is 10.0. The Morgan fingerprint density at radius 3 is 1.89 bits per heavy atom. The van der Waals surface area contributed by atoms with Crippen LogP contribution in [0.15, 0.2) is 27.9 Å². The fraction of sp³-hybridized carbons (Fsp3) is 0.707. The Hall–Kier alpha value is -3.29. The highest BCUT2D eigenvalue weighted by Gasteiger charge is 2.29. The maximum Gasteiger partial charge on any atom is 0.303 e. The minimum absolute atomic E-state index is 0.147. The number of unbranched alkanes of at least 4 members (excludes halogenated alkanes) is 15. The smallest absolute Gasteiger partial charge is 0.303 e. The van der Waals surface area contributed by atoms with E-state index in [4.69, 9.17) is 14.8 Å². The normalized spacial score (nSPS) is 13.9. The first-order valence-corrected chi connectivity index (χ1v) is 22.1. The molecule has 3 heterocycles. The molecule has 0 spiro atoms. The highest BCUT2D eigenvalue weighted by molar-refractivity contribution is 7.89. The van der Waals surface area contributed by atoms with Crippen molar-refractivity contribution >= 4 is 27.0 Å². The molecule has 2 N–H and O–H groups in total. The van der Waals surface area contributed by atoms with Crippen LogP contribution >= 0.6 is 0 Å². The predicted molar refractivity (Wildman–Crippen MR) is 218 cm³/mol. The van der Waals surface area contributed by atoms with Crippen molar-refractivity contribution in [3.05, 3.63) is 34.2 Å². The number of H-pyrrole nitrogens is 1. The Bertz CT molecular complexity index is 1710. The van der Waals surface area contributed by atoms with E-state index in [0.29, 0.717) is 68.0 Å². The molecule has 13 heteroatoms. The van der Waals surface area contributed by atoms with Gasteiger partial charge in [0, 0.05) is 39.6 Å². The number of hydrogen-bond donors (Lipinski definition) is 2. The van der Waals surface area contributed by atoms with Gasteiger partial charge in [-0.05, 0) is 45.0 Å². The topological polar surface area (TPSA) is 151 Å². The molecule has 4 rings (SSSR count). The van der Waals surface area contributed by atoms with E-state index in [1.165, 1.54) is 98.9 Å². The summed E-state index contributed by atoms with van der Waals surface area (Å²) in [6.45, 7) is 8.75. The summed E-state index contributed by atoms with van der Waals surface area (Å²) in [4.78, 5) is 33.0. The number of likely N-dealkylation sites (N-methyl/N-ethyl adjacent to an activating group) is 1. The summed E-state index contributed by atoms with van der Waals surface area (Å²) in [6, 6.07) is 4.71. The van der Waals surface area contributed by atoms with Crippen molar-refractivity contribution in [3.63, 3.8) is 0 Å². The zero-order chi connectivity index (χ0) is 39.3. The summed E-state index contributed by atoms with van der Waals surface area (Å²) >= 11 is 0. The molecule has 54 heavy (non-hydrogen) atoms. The van der Waals surface area contributed by atoms with E-state index in [2.05, 4.69) is 21.9 Å². The second-order valence-corrected chi connectivity index (χ2v) is 16.6. The summed E-state index contributed by atoms with van der Waals surface area (Å²) in [5, 5.41) is 13.0. The summed E-state index contributed by atoms with van der Waals surface area (Å²) in [5.74, 6) is 0.0651. The van der Waals surface area contributed by atoms with Crippen LogP contribution in [0.1, 0.15) is 142 Å². The lowest BCUT2D eigenvalue weighted by molar-refractivity contribution is -0.137. The summed E-state index contributed by atoms with van der Waals surface area (Å²) in [7, 11) is -0.00831. The van der Waals surface area contributed by atoms with Gasteiger partial charge in [0.25, 0.3) is 5.56 Å². The van der Waals surface area contributed by atoms with Crippen LogP contribution < -0.4 is 10.3 Å². The number of benzene rings is 1. The molecule has 12 nitrogen and oxygen atoms in total. The standard InChI is InChI=1S/C22H30N6O4S.C19H38O2/c1-5-7-17-19-20(27(4)25-17)22(29)24-21(23-19)16-14-15(8-9-18(16)32-6-2)33(30,31)28-12-10-26(3)11-13-28;1-2-3-4-5-6-7-8-9-10-11-12-13-14-15-16-17-18-19(20)21/h8-9,14H,5-7,10-13H2,1-4H3,(H,23,24,29);2-18H2,1H3,(H,20,21). The summed E-state index contributed by atoms with van der Waals surface area (Å²) in [5.41, 5.74) is 1.75. The van der Waals surface area contributed by atoms with Gasteiger partial charge in [-0.25, -0.2) is 13.4 Å². The number of sulfonamides is 1. The van der Waals surface area contributed by atoms with Gasteiger partial charge in [-0.1, -0.05) is 117 Å². The van der Waals surface area contributed by atoms with Gasteiger partial charge in [-0.3, -0.25) is 14.3 Å². The highest BCUT2D eigenvalue weighted by Crippen LogP contribution is 2.32. The van der Waals surface area contributed by atoms with Gasteiger partial charge >= 0.3 is 5.97 Å². The number of rotatable bonds is 24. The maximum atomic E-state index is 13.3. The van der Waals surface area contributed by atoms with Crippen molar-refractivity contribution in [2.45, 2.75) is 148 Å². The van der Waals surface area contributed by atoms with Crippen LogP contribution in [0, 0.1) is 0 Å². The SMILES string of the molecule is CCCCCCCCCCCCCCCCCCC(=O)O.CCCc1nn(C)c2c(=O)[nH]c(-c3cc(S(=O)(=O)N4CCN(C)CC4)ccc3OCC)nc12. The number of carboxylic acids is 1. The average molecular weight is 773 g/mol. The number of fused-ring (bicyclic) bond motifs is 1. The number of aryl methyl sites for hydroxylation is 2. The van der Waals surface area contributed by atoms with Crippen molar-refractivity contribution in [1.29, 1.82) is 0 Å². The van der Waals surface area contributed by atoms with E-state index in [9.17, 15) is 18.0 Å². The lowest BCUT2D eigenvalue weighted by Gasteiger charge is -2.31. The number of nitrogens with zero attached hydrogens (tertiary/aromatic N) is 5. The molecule has 0 amide bonds. The number of nitrogens with one attached hydrogen (secondary N) is 1. The number of aliphatic carboxylic acids is 1. The Kier molecular flexibility index (Phi) is 20.3. The lowest BCUT2D eigenvalue weighted by Crippen LogP contribution is -2.47. The predicted octanol–water partition coefficient (Wildman–Crippen LogP) is 8.33. The molecular formula is C41H68N6O6S. The minimum atomic E-state index is -3.70. The molecule has 1 aliphatic heterocycles. The van der Waals surface area contributed by atoms with Crippen LogP contribution in [0.4, 0.5) is 0 Å². The zero-order valence-electron chi connectivity index (χ0n) is 33.8. The molecule has 0 bridgehead atoms. The third-order valence-corrected chi connectivity index (χ3v) is 12.0. The quantitative estimate of drug-likeness (QED) is 0.0857. The fourth-order valence-corrected chi connectivity index (χ4v) is 8.37. The molecule has 0 aliphatic carbocycles. The molecule has 304 valence electrons. The first-order chi connectivity index (χ1) is 26.0.